The molecule has 0 saturated carbocycles. The van der Waals surface area contributed by atoms with Gasteiger partial charge in [0.1, 0.15) is 6.07 Å². The van der Waals surface area contributed by atoms with Gasteiger partial charge in [0.05, 0.1) is 29.7 Å². The summed E-state index contributed by atoms with van der Waals surface area (Å²) >= 11 is 0. The standard InChI is InChI=1S/C13H18N2O3S/c1-10(2)18-7-8-19(16,17)15-13-6-4-5-11(3)12(13)9-14/h4-6,10,15H,7-8H2,1-3H3. The molecule has 1 N–H and O–H groups in total. The van der Waals surface area contributed by atoms with E-state index in [1.807, 2.05) is 19.9 Å². The fraction of sp³-hybridized carbons (Fsp3) is 0.462. The molecule has 0 aromatic heterocycles. The Balaban J connectivity index is 2.79. The number of nitrogens with zero attached hydrogens (tertiary/aromatic N) is 1. The predicted molar refractivity (Wildman–Crippen MR) is 74.4 cm³/mol. The van der Waals surface area contributed by atoms with Crippen LogP contribution in [0.25, 0.3) is 0 Å². The Hall–Kier alpha value is -1.58. The molecule has 0 aliphatic rings. The topological polar surface area (TPSA) is 79.2 Å². The molecule has 0 atom stereocenters. The molecule has 19 heavy (non-hydrogen) atoms. The second kappa shape index (κ2) is 6.55. The van der Waals surface area contributed by atoms with Crippen LogP contribution < -0.4 is 4.72 Å². The zero-order chi connectivity index (χ0) is 14.5. The van der Waals surface area contributed by atoms with Gasteiger partial charge < -0.3 is 4.74 Å². The van der Waals surface area contributed by atoms with Crippen LogP contribution in [0.3, 0.4) is 0 Å². The van der Waals surface area contributed by atoms with E-state index in [-0.39, 0.29) is 18.5 Å². The highest BCUT2D eigenvalue weighted by molar-refractivity contribution is 7.92. The minimum Gasteiger partial charge on any atom is -0.378 e. The molecule has 0 radical (unpaired) electrons. The van der Waals surface area contributed by atoms with Crippen molar-refractivity contribution < 1.29 is 13.2 Å². The molecular formula is C13H18N2O3S. The quantitative estimate of drug-likeness (QED) is 0.866. The third-order valence-corrected chi connectivity index (χ3v) is 3.69. The number of rotatable bonds is 6. The first-order valence-electron chi connectivity index (χ1n) is 5.97. The number of aryl methyl sites for hydroxylation is 1. The highest BCUT2D eigenvalue weighted by Crippen LogP contribution is 2.19. The van der Waals surface area contributed by atoms with E-state index in [2.05, 4.69) is 4.72 Å². The van der Waals surface area contributed by atoms with Crippen molar-refractivity contribution in [3.8, 4) is 6.07 Å². The zero-order valence-electron chi connectivity index (χ0n) is 11.3. The third-order valence-electron chi connectivity index (χ3n) is 2.45. The molecular weight excluding hydrogens is 264 g/mol. The number of nitriles is 1. The number of benzene rings is 1. The molecule has 0 unspecified atom stereocenters. The average molecular weight is 282 g/mol. The molecule has 0 saturated heterocycles. The van der Waals surface area contributed by atoms with Gasteiger partial charge in [0.25, 0.3) is 0 Å². The smallest absolute Gasteiger partial charge is 0.235 e. The van der Waals surface area contributed by atoms with Gasteiger partial charge in [0, 0.05) is 0 Å². The molecule has 1 aromatic carbocycles. The molecule has 0 fully saturated rings. The maximum absolute atomic E-state index is 11.9. The van der Waals surface area contributed by atoms with Crippen molar-refractivity contribution in [1.29, 1.82) is 5.26 Å². The summed E-state index contributed by atoms with van der Waals surface area (Å²) in [6, 6.07) is 7.05. The van der Waals surface area contributed by atoms with Crippen LogP contribution in [-0.2, 0) is 14.8 Å². The lowest BCUT2D eigenvalue weighted by molar-refractivity contribution is 0.0913. The van der Waals surface area contributed by atoms with Crippen LogP contribution in [0.1, 0.15) is 25.0 Å². The van der Waals surface area contributed by atoms with Crippen molar-refractivity contribution >= 4 is 15.7 Å². The Morgan fingerprint density at radius 1 is 1.42 bits per heavy atom. The molecule has 5 nitrogen and oxygen atoms in total. The Labute approximate surface area is 114 Å². The molecule has 0 spiro atoms. The van der Waals surface area contributed by atoms with Gasteiger partial charge in [-0.1, -0.05) is 12.1 Å². The van der Waals surface area contributed by atoms with Crippen LogP contribution in [0.15, 0.2) is 18.2 Å². The van der Waals surface area contributed by atoms with Crippen LogP contribution in [0.4, 0.5) is 5.69 Å². The van der Waals surface area contributed by atoms with Crippen LogP contribution in [0.5, 0.6) is 0 Å². The Bertz CT molecular complexity index is 574. The summed E-state index contributed by atoms with van der Waals surface area (Å²) in [5.74, 6) is -0.135. The van der Waals surface area contributed by atoms with Crippen LogP contribution >= 0.6 is 0 Å². The molecule has 6 heteroatoms. The number of anilines is 1. The van der Waals surface area contributed by atoms with Gasteiger partial charge >= 0.3 is 0 Å². The summed E-state index contributed by atoms with van der Waals surface area (Å²) in [5, 5.41) is 9.04. The first-order chi connectivity index (χ1) is 8.85. The van der Waals surface area contributed by atoms with Gasteiger partial charge in [-0.25, -0.2) is 8.42 Å². The first kappa shape index (κ1) is 15.5. The van der Waals surface area contributed by atoms with E-state index in [0.717, 1.165) is 5.56 Å². The molecule has 0 heterocycles. The lowest BCUT2D eigenvalue weighted by atomic mass is 10.1. The van der Waals surface area contributed by atoms with Crippen LogP contribution in [0.2, 0.25) is 0 Å². The van der Waals surface area contributed by atoms with E-state index in [1.54, 1.807) is 25.1 Å². The Morgan fingerprint density at radius 3 is 2.68 bits per heavy atom. The van der Waals surface area contributed by atoms with E-state index in [1.165, 1.54) is 0 Å². The van der Waals surface area contributed by atoms with Gasteiger partial charge in [-0.3, -0.25) is 4.72 Å². The van der Waals surface area contributed by atoms with E-state index in [0.29, 0.717) is 11.3 Å². The van der Waals surface area contributed by atoms with Gasteiger partial charge in [-0.2, -0.15) is 5.26 Å². The highest BCUT2D eigenvalue weighted by atomic mass is 32.2. The summed E-state index contributed by atoms with van der Waals surface area (Å²) in [6.07, 6.45) is -0.0103. The summed E-state index contributed by atoms with van der Waals surface area (Å²) in [5.41, 5.74) is 1.39. The van der Waals surface area contributed by atoms with E-state index < -0.39 is 10.0 Å². The number of sulfonamides is 1. The van der Waals surface area contributed by atoms with Gasteiger partial charge in [0.15, 0.2) is 0 Å². The van der Waals surface area contributed by atoms with Gasteiger partial charge in [0.2, 0.25) is 10.0 Å². The van der Waals surface area contributed by atoms with E-state index >= 15 is 0 Å². The minimum absolute atomic E-state index is 0.0103. The number of hydrogen-bond acceptors (Lipinski definition) is 4. The first-order valence-corrected chi connectivity index (χ1v) is 7.63. The molecule has 1 aromatic rings. The molecule has 1 rings (SSSR count). The van der Waals surface area contributed by atoms with Crippen LogP contribution in [0, 0.1) is 18.3 Å². The Kier molecular flexibility index (Phi) is 5.33. The minimum atomic E-state index is -3.51. The van der Waals surface area contributed by atoms with E-state index in [4.69, 9.17) is 10.00 Å². The van der Waals surface area contributed by atoms with Crippen LogP contribution in [-0.4, -0.2) is 26.9 Å². The lowest BCUT2D eigenvalue weighted by Crippen LogP contribution is -2.22. The van der Waals surface area contributed by atoms with Crippen molar-refractivity contribution in [2.75, 3.05) is 17.1 Å². The van der Waals surface area contributed by atoms with Gasteiger partial charge in [-0.15, -0.1) is 0 Å². The molecule has 0 amide bonds. The second-order valence-electron chi connectivity index (χ2n) is 4.45. The average Bonchev–Trinajstić information content (AvgIpc) is 2.27. The Morgan fingerprint density at radius 2 is 2.11 bits per heavy atom. The zero-order valence-corrected chi connectivity index (χ0v) is 12.1. The molecule has 0 aliphatic carbocycles. The van der Waals surface area contributed by atoms with E-state index in [9.17, 15) is 8.42 Å². The molecule has 0 bridgehead atoms. The third kappa shape index (κ3) is 4.89. The lowest BCUT2D eigenvalue weighted by Gasteiger charge is -2.12. The number of hydrogen-bond donors (Lipinski definition) is 1. The molecule has 0 aliphatic heterocycles. The maximum Gasteiger partial charge on any atom is 0.235 e. The summed E-state index contributed by atoms with van der Waals surface area (Å²) in [7, 11) is -3.51. The highest BCUT2D eigenvalue weighted by Gasteiger charge is 2.14. The van der Waals surface area contributed by atoms with Crippen molar-refractivity contribution in [3.63, 3.8) is 0 Å². The summed E-state index contributed by atoms with van der Waals surface area (Å²) < 4.78 is 31.4. The normalized spacial score (nSPS) is 11.3. The predicted octanol–water partition coefficient (Wildman–Crippen LogP) is 2.03. The second-order valence-corrected chi connectivity index (χ2v) is 6.29. The summed E-state index contributed by atoms with van der Waals surface area (Å²) in [6.45, 7) is 5.57. The fourth-order valence-electron chi connectivity index (χ4n) is 1.51. The SMILES string of the molecule is Cc1cccc(NS(=O)(=O)CCOC(C)C)c1C#N. The van der Waals surface area contributed by atoms with Crippen molar-refractivity contribution in [2.45, 2.75) is 26.9 Å². The number of ether oxygens (including phenoxy) is 1. The largest absolute Gasteiger partial charge is 0.378 e. The maximum atomic E-state index is 11.9. The van der Waals surface area contributed by atoms with Crippen molar-refractivity contribution in [3.05, 3.63) is 29.3 Å². The van der Waals surface area contributed by atoms with Gasteiger partial charge in [-0.05, 0) is 32.4 Å². The van der Waals surface area contributed by atoms with Crippen molar-refractivity contribution in [1.82, 2.24) is 0 Å². The monoisotopic (exact) mass is 282 g/mol. The number of nitrogens with one attached hydrogen (secondary N) is 1. The summed E-state index contributed by atoms with van der Waals surface area (Å²) in [4.78, 5) is 0. The fourth-order valence-corrected chi connectivity index (χ4v) is 2.44. The molecule has 104 valence electrons. The van der Waals surface area contributed by atoms with Crippen molar-refractivity contribution in [2.24, 2.45) is 0 Å².